The lowest BCUT2D eigenvalue weighted by molar-refractivity contribution is -0.145. The quantitative estimate of drug-likeness (QED) is 0.0229. The number of imidazole rings is 1. The van der Waals surface area contributed by atoms with Crippen LogP contribution in [-0.2, 0) is 46.7 Å². The molecule has 1 aliphatic rings. The van der Waals surface area contributed by atoms with Crippen molar-refractivity contribution in [1.29, 1.82) is 0 Å². The fourth-order valence-electron chi connectivity index (χ4n) is 9.21. The molecular formula is C58H75F2N9O10. The molecule has 0 bridgehead atoms. The molecular weight excluding hydrogens is 1020 g/mol. The number of nitrogens with one attached hydrogen (secondary N) is 4. The molecule has 0 fully saturated rings. The minimum absolute atomic E-state index is 0.0480. The standard InChI is InChI=1S/C58H75F2N9O10/c1-36(2)51(66-48(72)18-12-9-13-29-68-49(73)25-26-50(68)74)47(71)31-41(17-14-28-62-56(61)77)54(75)64-43-22-19-40(20-23-43)35-79-57(78)63-37(3)27-30-69(55(76)38(4)70)52(58(5,6)7)53-65-46(44-32-42(59)21-24-45(44)60)34-67(53)33-39-15-10-8-11-16-39/h8,10-11,15-16,19-26,32,34,36-38,41,51-52,70H,9,12-14,17-18,27-31,33,35H2,1-7H3,(H,63,78)(H,64,75)(H,66,72)(H3,61,62,77)/t37-,38+,41-,51+,52+/m1/s1. The van der Waals surface area contributed by atoms with E-state index in [1.807, 2.05) is 51.1 Å². The number of halogens is 2. The first-order valence-corrected chi connectivity index (χ1v) is 26.7. The lowest BCUT2D eigenvalue weighted by Crippen LogP contribution is -2.48. The minimum atomic E-state index is -1.41. The van der Waals surface area contributed by atoms with Crippen LogP contribution in [0.2, 0.25) is 0 Å². The third kappa shape index (κ3) is 19.0. The second kappa shape index (κ2) is 29.2. The molecule has 5 atom stereocenters. The highest BCUT2D eigenvalue weighted by atomic mass is 19.1. The molecule has 426 valence electrons. The maximum Gasteiger partial charge on any atom is 0.407 e. The Morgan fingerprint density at radius 3 is 2.15 bits per heavy atom. The lowest BCUT2D eigenvalue weighted by Gasteiger charge is -2.41. The fraction of sp³-hybridized carbons (Fsp3) is 0.466. The molecule has 0 saturated carbocycles. The number of primary amides is 1. The summed E-state index contributed by atoms with van der Waals surface area (Å²) in [4.78, 5) is 110. The molecule has 1 aromatic heterocycles. The van der Waals surface area contributed by atoms with Gasteiger partial charge in [-0.2, -0.15) is 0 Å². The Hall–Kier alpha value is -7.81. The lowest BCUT2D eigenvalue weighted by atomic mass is 9.84. The van der Waals surface area contributed by atoms with E-state index in [0.717, 1.165) is 28.7 Å². The average molecular weight is 1100 g/mol. The fourth-order valence-corrected chi connectivity index (χ4v) is 9.21. The number of hydrogen-bond acceptors (Lipinski definition) is 11. The number of ketones is 1. The number of hydrogen-bond donors (Lipinski definition) is 6. The number of imide groups is 1. The smallest absolute Gasteiger partial charge is 0.407 e. The van der Waals surface area contributed by atoms with Gasteiger partial charge in [-0.25, -0.2) is 23.4 Å². The summed E-state index contributed by atoms with van der Waals surface area (Å²) in [6, 6.07) is 16.1. The molecule has 0 aliphatic carbocycles. The van der Waals surface area contributed by atoms with Gasteiger partial charge in [0, 0.05) is 80.6 Å². The van der Waals surface area contributed by atoms with Gasteiger partial charge in [0.2, 0.25) is 11.8 Å². The molecule has 0 saturated heterocycles. The predicted octanol–water partition coefficient (Wildman–Crippen LogP) is 7.47. The normalized spacial score (nSPS) is 14.3. The van der Waals surface area contributed by atoms with Gasteiger partial charge in [0.25, 0.3) is 17.7 Å². The number of Topliss-reactive ketones (excluding diaryl/α,β-unsaturated/α-hetero) is 1. The summed E-state index contributed by atoms with van der Waals surface area (Å²) in [5.41, 5.74) is 6.49. The summed E-state index contributed by atoms with van der Waals surface area (Å²) < 4.78 is 37.0. The topological polar surface area (TPSA) is 264 Å². The molecule has 79 heavy (non-hydrogen) atoms. The first-order valence-electron chi connectivity index (χ1n) is 26.7. The number of alkyl carbamates (subject to hydrolysis) is 1. The first kappa shape index (κ1) is 62.0. The molecule has 21 heteroatoms. The summed E-state index contributed by atoms with van der Waals surface area (Å²) in [6.45, 7) is 13.0. The monoisotopic (exact) mass is 1100 g/mol. The van der Waals surface area contributed by atoms with E-state index in [4.69, 9.17) is 15.5 Å². The Kier molecular flexibility index (Phi) is 23.0. The van der Waals surface area contributed by atoms with Gasteiger partial charge in [-0.3, -0.25) is 33.7 Å². The summed E-state index contributed by atoms with van der Waals surface area (Å²) >= 11 is 0. The molecule has 2 heterocycles. The van der Waals surface area contributed by atoms with Crippen molar-refractivity contribution in [3.8, 4) is 11.3 Å². The van der Waals surface area contributed by atoms with E-state index in [0.29, 0.717) is 42.8 Å². The van der Waals surface area contributed by atoms with Crippen molar-refractivity contribution in [2.24, 2.45) is 23.0 Å². The van der Waals surface area contributed by atoms with Crippen LogP contribution < -0.4 is 27.0 Å². The van der Waals surface area contributed by atoms with E-state index < -0.39 is 71.1 Å². The van der Waals surface area contributed by atoms with E-state index in [1.165, 1.54) is 24.0 Å². The molecule has 5 rings (SSSR count). The Labute approximate surface area is 460 Å². The van der Waals surface area contributed by atoms with Crippen LogP contribution in [0.25, 0.3) is 11.3 Å². The van der Waals surface area contributed by atoms with Crippen LogP contribution in [0.5, 0.6) is 0 Å². The Morgan fingerprint density at radius 2 is 1.52 bits per heavy atom. The van der Waals surface area contributed by atoms with Crippen LogP contribution in [0.1, 0.15) is 123 Å². The number of nitrogens with zero attached hydrogens (tertiary/aromatic N) is 4. The van der Waals surface area contributed by atoms with Crippen molar-refractivity contribution in [1.82, 2.24) is 35.3 Å². The van der Waals surface area contributed by atoms with Gasteiger partial charge in [-0.05, 0) is 98.7 Å². The first-order chi connectivity index (χ1) is 37.4. The number of carbonyl (C=O) groups is 8. The van der Waals surface area contributed by atoms with Crippen LogP contribution in [0.15, 0.2) is 91.1 Å². The highest BCUT2D eigenvalue weighted by molar-refractivity contribution is 6.12. The molecule has 19 nitrogen and oxygen atoms in total. The molecule has 7 N–H and O–H groups in total. The maximum atomic E-state index is 15.2. The van der Waals surface area contributed by atoms with Crippen LogP contribution in [0, 0.1) is 28.9 Å². The van der Waals surface area contributed by atoms with Crippen molar-refractivity contribution in [3.63, 3.8) is 0 Å². The number of aliphatic hydroxyl groups excluding tert-OH is 1. The van der Waals surface area contributed by atoms with Gasteiger partial charge < -0.3 is 46.3 Å². The highest BCUT2D eigenvalue weighted by Gasteiger charge is 2.40. The van der Waals surface area contributed by atoms with Gasteiger partial charge in [-0.15, -0.1) is 0 Å². The summed E-state index contributed by atoms with van der Waals surface area (Å²) in [7, 11) is 0. The predicted molar refractivity (Wildman–Crippen MR) is 292 cm³/mol. The van der Waals surface area contributed by atoms with Gasteiger partial charge in [0.1, 0.15) is 30.2 Å². The van der Waals surface area contributed by atoms with E-state index in [2.05, 4.69) is 21.3 Å². The Morgan fingerprint density at radius 1 is 0.835 bits per heavy atom. The zero-order chi connectivity index (χ0) is 58.0. The minimum Gasteiger partial charge on any atom is -0.445 e. The Balaban J connectivity index is 1.18. The van der Waals surface area contributed by atoms with Crippen molar-refractivity contribution in [2.75, 3.05) is 25.0 Å². The van der Waals surface area contributed by atoms with Crippen LogP contribution in [0.4, 0.5) is 24.1 Å². The Bertz CT molecular complexity index is 2780. The van der Waals surface area contributed by atoms with Crippen molar-refractivity contribution in [3.05, 3.63) is 120 Å². The number of nitrogens with two attached hydrogens (primary N) is 1. The van der Waals surface area contributed by atoms with Crippen molar-refractivity contribution < 1.29 is 57.0 Å². The number of unbranched alkanes of at least 4 members (excludes halogenated alkanes) is 2. The third-order valence-corrected chi connectivity index (χ3v) is 13.3. The molecule has 0 spiro atoms. The van der Waals surface area contributed by atoms with E-state index in [9.17, 15) is 47.9 Å². The number of benzene rings is 3. The molecule has 4 aromatic rings. The zero-order valence-electron chi connectivity index (χ0n) is 46.1. The van der Waals surface area contributed by atoms with Gasteiger partial charge >= 0.3 is 12.1 Å². The average Bonchev–Trinajstić information content (AvgIpc) is 3.98. The second-order valence-corrected chi connectivity index (χ2v) is 21.4. The van der Waals surface area contributed by atoms with Crippen molar-refractivity contribution in [2.45, 2.75) is 137 Å². The number of amides is 8. The molecule has 0 unspecified atom stereocenters. The van der Waals surface area contributed by atoms with Crippen LogP contribution >= 0.6 is 0 Å². The van der Waals surface area contributed by atoms with E-state index >= 15 is 4.39 Å². The number of aliphatic hydroxyl groups is 1. The molecule has 3 aromatic carbocycles. The number of urea groups is 1. The van der Waals surface area contributed by atoms with E-state index in [1.54, 1.807) is 55.8 Å². The third-order valence-electron chi connectivity index (χ3n) is 13.3. The number of rotatable bonds is 29. The number of carbonyl (C=O) groups excluding carboxylic acids is 8. The molecule has 1 aliphatic heterocycles. The molecule has 8 amide bonds. The summed E-state index contributed by atoms with van der Waals surface area (Å²) in [6.07, 6.45) is 4.15. The maximum absolute atomic E-state index is 15.2. The van der Waals surface area contributed by atoms with Gasteiger partial charge in [0.15, 0.2) is 5.78 Å². The number of anilines is 1. The largest absolute Gasteiger partial charge is 0.445 e. The van der Waals surface area contributed by atoms with Gasteiger partial charge in [-0.1, -0.05) is 83.5 Å². The summed E-state index contributed by atoms with van der Waals surface area (Å²) in [5.74, 6) is -4.56. The van der Waals surface area contributed by atoms with Crippen molar-refractivity contribution >= 4 is 53.1 Å². The second-order valence-electron chi connectivity index (χ2n) is 21.4. The van der Waals surface area contributed by atoms with Crippen LogP contribution in [0.3, 0.4) is 0 Å². The number of ether oxygens (including phenoxy) is 1. The van der Waals surface area contributed by atoms with Crippen LogP contribution in [-0.4, -0.2) is 110 Å². The zero-order valence-corrected chi connectivity index (χ0v) is 46.1. The SMILES string of the molecule is CC(C)[C@H](NC(=O)CCCCCN1C(=O)C=CC1=O)C(=O)C[C@@H](CCCNC(N)=O)C(=O)Nc1ccc(COC(=O)N[C@H](C)CCN(C(=O)[C@H](C)O)[C@@H](c2nc(-c3cc(F)ccc3F)cn2Cc2ccccc2)C(C)(C)C)cc1. The molecule has 0 radical (unpaired) electrons. The highest BCUT2D eigenvalue weighted by Crippen LogP contribution is 2.40. The summed E-state index contributed by atoms with van der Waals surface area (Å²) in [5, 5.41) is 21.7. The number of aromatic nitrogens is 2. The van der Waals surface area contributed by atoms with Gasteiger partial charge in [0.05, 0.1) is 17.8 Å². The van der Waals surface area contributed by atoms with E-state index in [-0.39, 0.29) is 99.1 Å².